The van der Waals surface area contributed by atoms with Crippen LogP contribution in [0, 0.1) is 0 Å². The van der Waals surface area contributed by atoms with Gasteiger partial charge in [0, 0.05) is 5.56 Å². The van der Waals surface area contributed by atoms with E-state index in [0.717, 1.165) is 12.7 Å². The Morgan fingerprint density at radius 1 is 1.44 bits per heavy atom. The second-order valence-corrected chi connectivity index (χ2v) is 3.25. The van der Waals surface area contributed by atoms with E-state index in [-0.39, 0.29) is 11.5 Å². The summed E-state index contributed by atoms with van der Waals surface area (Å²) < 4.78 is 4.92. The molecule has 0 aliphatic heterocycles. The molecule has 0 aromatic heterocycles. The molecule has 0 radical (unpaired) electrons. The Bertz CT molecular complexity index is 399. The van der Waals surface area contributed by atoms with Gasteiger partial charge in [-0.15, -0.1) is 0 Å². The topological polar surface area (TPSA) is 72.5 Å². The first-order valence-electron chi connectivity index (χ1n) is 4.95. The summed E-state index contributed by atoms with van der Waals surface area (Å²) >= 11 is 0. The van der Waals surface area contributed by atoms with Gasteiger partial charge in [0.2, 0.25) is 0 Å². The minimum absolute atomic E-state index is 0.0144. The van der Waals surface area contributed by atoms with Crippen LogP contribution in [-0.2, 0) is 0 Å². The van der Waals surface area contributed by atoms with Gasteiger partial charge < -0.3 is 15.6 Å². The molecule has 0 saturated carbocycles. The zero-order chi connectivity index (χ0) is 12.0. The molecule has 0 saturated heterocycles. The van der Waals surface area contributed by atoms with Crippen molar-refractivity contribution < 1.29 is 14.6 Å². The maximum atomic E-state index is 10.8. The number of phenols is 1. The zero-order valence-corrected chi connectivity index (χ0v) is 9.14. The van der Waals surface area contributed by atoms with Gasteiger partial charge in [0.05, 0.1) is 7.11 Å². The van der Waals surface area contributed by atoms with Gasteiger partial charge in [-0.25, -0.2) is 0 Å². The Balaban J connectivity index is 3.08. The Kier molecular flexibility index (Phi) is 4.54. The predicted molar refractivity (Wildman–Crippen MR) is 62.8 cm³/mol. The van der Waals surface area contributed by atoms with Crippen LogP contribution in [0.1, 0.15) is 22.3 Å². The number of methoxy groups -OCH3 is 1. The standard InChI is InChI=1S/C12H15NO3/c1-16-12-7-10(8-14)9(6-11(12)15)4-2-3-5-13/h2,4,6-8,15H,3,5,13H2,1H3. The Labute approximate surface area is 94.3 Å². The highest BCUT2D eigenvalue weighted by Crippen LogP contribution is 2.29. The van der Waals surface area contributed by atoms with Crippen LogP contribution in [0.3, 0.4) is 0 Å². The number of benzene rings is 1. The lowest BCUT2D eigenvalue weighted by Crippen LogP contribution is -1.95. The highest BCUT2D eigenvalue weighted by molar-refractivity contribution is 5.83. The number of aldehydes is 1. The Hall–Kier alpha value is -1.81. The molecule has 16 heavy (non-hydrogen) atoms. The third-order valence-electron chi connectivity index (χ3n) is 2.14. The van der Waals surface area contributed by atoms with Crippen LogP contribution in [0.15, 0.2) is 18.2 Å². The fraction of sp³-hybridized carbons (Fsp3) is 0.250. The highest BCUT2D eigenvalue weighted by Gasteiger charge is 2.06. The number of phenolic OH excluding ortho intramolecular Hbond substituents is 1. The van der Waals surface area contributed by atoms with Gasteiger partial charge in [-0.3, -0.25) is 4.79 Å². The number of aromatic hydroxyl groups is 1. The fourth-order valence-corrected chi connectivity index (χ4v) is 1.32. The summed E-state index contributed by atoms with van der Waals surface area (Å²) in [4.78, 5) is 10.8. The first kappa shape index (κ1) is 12.3. The molecule has 0 aliphatic rings. The van der Waals surface area contributed by atoms with Crippen molar-refractivity contribution in [3.05, 3.63) is 29.3 Å². The average Bonchev–Trinajstić information content (AvgIpc) is 2.30. The highest BCUT2D eigenvalue weighted by atomic mass is 16.5. The molecule has 86 valence electrons. The summed E-state index contributed by atoms with van der Waals surface area (Å²) in [6.07, 6.45) is 5.07. The van der Waals surface area contributed by atoms with Crippen molar-refractivity contribution >= 4 is 12.4 Å². The van der Waals surface area contributed by atoms with Gasteiger partial charge in [-0.05, 0) is 30.7 Å². The van der Waals surface area contributed by atoms with Gasteiger partial charge in [0.15, 0.2) is 17.8 Å². The van der Waals surface area contributed by atoms with Gasteiger partial charge in [0.25, 0.3) is 0 Å². The van der Waals surface area contributed by atoms with Crippen LogP contribution in [0.2, 0.25) is 0 Å². The van der Waals surface area contributed by atoms with Gasteiger partial charge in [-0.1, -0.05) is 12.2 Å². The summed E-state index contributed by atoms with van der Waals surface area (Å²) in [6, 6.07) is 3.00. The van der Waals surface area contributed by atoms with Gasteiger partial charge in [0.1, 0.15) is 0 Å². The van der Waals surface area contributed by atoms with Gasteiger partial charge >= 0.3 is 0 Å². The molecule has 1 rings (SSSR count). The smallest absolute Gasteiger partial charge is 0.161 e. The van der Waals surface area contributed by atoms with E-state index in [0.29, 0.717) is 17.7 Å². The quantitative estimate of drug-likeness (QED) is 0.740. The fourth-order valence-electron chi connectivity index (χ4n) is 1.32. The summed E-state index contributed by atoms with van der Waals surface area (Å²) in [5, 5.41) is 9.57. The molecule has 4 heteroatoms. The normalized spacial score (nSPS) is 10.6. The molecule has 0 amide bonds. The van der Waals surface area contributed by atoms with Crippen LogP contribution in [0.4, 0.5) is 0 Å². The molecule has 1 aromatic rings. The lowest BCUT2D eigenvalue weighted by molar-refractivity contribution is 0.112. The van der Waals surface area contributed by atoms with Crippen molar-refractivity contribution in [1.82, 2.24) is 0 Å². The van der Waals surface area contributed by atoms with E-state index in [1.807, 2.05) is 6.08 Å². The second kappa shape index (κ2) is 5.92. The van der Waals surface area contributed by atoms with Crippen LogP contribution in [-0.4, -0.2) is 25.0 Å². The number of ether oxygens (including phenoxy) is 1. The minimum Gasteiger partial charge on any atom is -0.504 e. The van der Waals surface area contributed by atoms with E-state index in [1.165, 1.54) is 19.2 Å². The maximum absolute atomic E-state index is 10.8. The number of rotatable bonds is 5. The summed E-state index contributed by atoms with van der Waals surface area (Å²) in [7, 11) is 1.44. The molecule has 1 aromatic carbocycles. The Morgan fingerprint density at radius 2 is 2.19 bits per heavy atom. The first-order chi connectivity index (χ1) is 7.72. The summed E-state index contributed by atoms with van der Waals surface area (Å²) in [5.74, 6) is 0.304. The molecule has 0 unspecified atom stereocenters. The summed E-state index contributed by atoms with van der Waals surface area (Å²) in [6.45, 7) is 0.551. The average molecular weight is 221 g/mol. The van der Waals surface area contributed by atoms with Crippen molar-refractivity contribution in [2.24, 2.45) is 5.73 Å². The van der Waals surface area contributed by atoms with E-state index < -0.39 is 0 Å². The van der Waals surface area contributed by atoms with Crippen molar-refractivity contribution in [2.75, 3.05) is 13.7 Å². The molecule has 3 N–H and O–H groups in total. The van der Waals surface area contributed by atoms with Crippen molar-refractivity contribution in [3.8, 4) is 11.5 Å². The molecular formula is C12H15NO3. The van der Waals surface area contributed by atoms with E-state index in [1.54, 1.807) is 6.08 Å². The third kappa shape index (κ3) is 2.84. The lowest BCUT2D eigenvalue weighted by atomic mass is 10.1. The molecule has 0 fully saturated rings. The first-order valence-corrected chi connectivity index (χ1v) is 4.95. The molecule has 4 nitrogen and oxygen atoms in total. The number of hydrogen-bond acceptors (Lipinski definition) is 4. The van der Waals surface area contributed by atoms with E-state index in [4.69, 9.17) is 10.5 Å². The molecule has 0 atom stereocenters. The number of nitrogens with two attached hydrogens (primary N) is 1. The molecule has 0 bridgehead atoms. The van der Waals surface area contributed by atoms with E-state index >= 15 is 0 Å². The Morgan fingerprint density at radius 3 is 2.75 bits per heavy atom. The summed E-state index contributed by atoms with van der Waals surface area (Å²) in [5.41, 5.74) is 6.48. The number of carbonyl (C=O) groups is 1. The van der Waals surface area contributed by atoms with E-state index in [9.17, 15) is 9.90 Å². The molecular weight excluding hydrogens is 206 g/mol. The predicted octanol–water partition coefficient (Wildman–Crippen LogP) is 1.58. The SMILES string of the molecule is COc1cc(C=O)c(C=CCCN)cc1O. The maximum Gasteiger partial charge on any atom is 0.161 e. The van der Waals surface area contributed by atoms with Crippen LogP contribution in [0.25, 0.3) is 6.08 Å². The second-order valence-electron chi connectivity index (χ2n) is 3.25. The van der Waals surface area contributed by atoms with Crippen molar-refractivity contribution in [2.45, 2.75) is 6.42 Å². The number of carbonyl (C=O) groups excluding carboxylic acids is 1. The van der Waals surface area contributed by atoms with Crippen LogP contribution in [0.5, 0.6) is 11.5 Å². The molecule has 0 heterocycles. The van der Waals surface area contributed by atoms with Crippen molar-refractivity contribution in [1.29, 1.82) is 0 Å². The van der Waals surface area contributed by atoms with Crippen molar-refractivity contribution in [3.63, 3.8) is 0 Å². The minimum atomic E-state index is 0.0144. The monoisotopic (exact) mass is 221 g/mol. The molecule has 0 aliphatic carbocycles. The zero-order valence-electron chi connectivity index (χ0n) is 9.14. The number of hydrogen-bond donors (Lipinski definition) is 2. The lowest BCUT2D eigenvalue weighted by Gasteiger charge is -2.06. The van der Waals surface area contributed by atoms with Crippen LogP contribution >= 0.6 is 0 Å². The molecule has 0 spiro atoms. The third-order valence-corrected chi connectivity index (χ3v) is 2.14. The van der Waals surface area contributed by atoms with Crippen LogP contribution < -0.4 is 10.5 Å². The van der Waals surface area contributed by atoms with Gasteiger partial charge in [-0.2, -0.15) is 0 Å². The van der Waals surface area contributed by atoms with E-state index in [2.05, 4.69) is 0 Å². The largest absolute Gasteiger partial charge is 0.504 e.